The van der Waals surface area contributed by atoms with Gasteiger partial charge in [-0.1, -0.05) is 24.1 Å². The summed E-state index contributed by atoms with van der Waals surface area (Å²) in [5.41, 5.74) is 0.400. The first-order valence-corrected chi connectivity index (χ1v) is 5.63. The lowest BCUT2D eigenvalue weighted by atomic mass is 10.0. The van der Waals surface area contributed by atoms with Crippen molar-refractivity contribution in [1.82, 2.24) is 0 Å². The smallest absolute Gasteiger partial charge is 0.181 e. The van der Waals surface area contributed by atoms with Crippen molar-refractivity contribution < 1.29 is 14.6 Å². The number of halogens is 1. The minimum absolute atomic E-state index is 0.00964. The zero-order chi connectivity index (χ0) is 14.4. The largest absolute Gasteiger partial charge is 0.493 e. The summed E-state index contributed by atoms with van der Waals surface area (Å²) in [6, 6.07) is 4.78. The SMILES string of the molecule is C#CCOc1c(Cl)cc(C(O)C(=C)C#N)cc1OC. The van der Waals surface area contributed by atoms with Crippen LogP contribution in [0.5, 0.6) is 11.5 Å². The second-order valence-electron chi connectivity index (χ2n) is 3.57. The van der Waals surface area contributed by atoms with E-state index in [2.05, 4.69) is 12.5 Å². The van der Waals surface area contributed by atoms with Crippen molar-refractivity contribution in [1.29, 1.82) is 5.26 Å². The molecule has 0 radical (unpaired) electrons. The average molecular weight is 278 g/mol. The Hall–Kier alpha value is -2.14. The molecular weight excluding hydrogens is 266 g/mol. The third-order valence-electron chi connectivity index (χ3n) is 2.34. The number of hydrogen-bond acceptors (Lipinski definition) is 4. The van der Waals surface area contributed by atoms with E-state index in [-0.39, 0.29) is 17.2 Å². The molecule has 0 amide bonds. The summed E-state index contributed by atoms with van der Waals surface area (Å²) < 4.78 is 10.4. The second-order valence-corrected chi connectivity index (χ2v) is 3.97. The maximum Gasteiger partial charge on any atom is 0.181 e. The van der Waals surface area contributed by atoms with Crippen LogP contribution in [0.2, 0.25) is 5.02 Å². The van der Waals surface area contributed by atoms with Crippen LogP contribution in [0.15, 0.2) is 24.3 Å². The molecule has 1 aromatic rings. The minimum Gasteiger partial charge on any atom is -0.493 e. The lowest BCUT2D eigenvalue weighted by Gasteiger charge is -2.15. The lowest BCUT2D eigenvalue weighted by Crippen LogP contribution is -2.03. The van der Waals surface area contributed by atoms with Crippen molar-refractivity contribution in [3.8, 4) is 29.9 Å². The van der Waals surface area contributed by atoms with Crippen molar-refractivity contribution in [3.63, 3.8) is 0 Å². The van der Waals surface area contributed by atoms with Crippen LogP contribution in [-0.2, 0) is 0 Å². The number of methoxy groups -OCH3 is 1. The fourth-order valence-electron chi connectivity index (χ4n) is 1.41. The monoisotopic (exact) mass is 277 g/mol. The molecule has 1 unspecified atom stereocenters. The quantitative estimate of drug-likeness (QED) is 0.663. The highest BCUT2D eigenvalue weighted by Crippen LogP contribution is 2.38. The predicted octanol–water partition coefficient (Wildman–Crippen LogP) is 2.47. The number of rotatable bonds is 5. The third-order valence-corrected chi connectivity index (χ3v) is 2.62. The normalized spacial score (nSPS) is 11.0. The highest BCUT2D eigenvalue weighted by Gasteiger charge is 2.18. The Morgan fingerprint density at radius 3 is 2.84 bits per heavy atom. The van der Waals surface area contributed by atoms with Gasteiger partial charge in [-0.3, -0.25) is 0 Å². The summed E-state index contributed by atoms with van der Waals surface area (Å²) >= 11 is 6.04. The first-order chi connectivity index (χ1) is 9.04. The number of aliphatic hydroxyl groups excluding tert-OH is 1. The molecule has 0 aliphatic heterocycles. The van der Waals surface area contributed by atoms with Crippen molar-refractivity contribution in [2.75, 3.05) is 13.7 Å². The van der Waals surface area contributed by atoms with Crippen molar-refractivity contribution in [2.24, 2.45) is 0 Å². The molecule has 0 bridgehead atoms. The van der Waals surface area contributed by atoms with Crippen LogP contribution in [0, 0.1) is 23.7 Å². The molecule has 0 saturated carbocycles. The third kappa shape index (κ3) is 3.42. The molecule has 1 aromatic carbocycles. The number of benzene rings is 1. The van der Waals surface area contributed by atoms with Gasteiger partial charge in [0.1, 0.15) is 12.7 Å². The van der Waals surface area contributed by atoms with E-state index >= 15 is 0 Å². The fourth-order valence-corrected chi connectivity index (χ4v) is 1.69. The molecule has 5 heteroatoms. The van der Waals surface area contributed by atoms with Gasteiger partial charge in [-0.25, -0.2) is 0 Å². The van der Waals surface area contributed by atoms with Crippen molar-refractivity contribution >= 4 is 11.6 Å². The Labute approximate surface area is 116 Å². The highest BCUT2D eigenvalue weighted by atomic mass is 35.5. The fraction of sp³-hybridized carbons (Fsp3) is 0.214. The Bertz CT molecular complexity index is 569. The first kappa shape index (κ1) is 14.9. The summed E-state index contributed by atoms with van der Waals surface area (Å²) in [6.45, 7) is 3.50. The average Bonchev–Trinajstić information content (AvgIpc) is 2.43. The summed E-state index contributed by atoms with van der Waals surface area (Å²) in [6.07, 6.45) is 3.97. The van der Waals surface area contributed by atoms with Gasteiger partial charge in [-0.15, -0.1) is 6.42 Å². The van der Waals surface area contributed by atoms with Crippen LogP contribution >= 0.6 is 11.6 Å². The molecule has 0 spiro atoms. The van der Waals surface area contributed by atoms with E-state index in [1.807, 2.05) is 0 Å². The Balaban J connectivity index is 3.20. The van der Waals surface area contributed by atoms with E-state index in [4.69, 9.17) is 32.8 Å². The molecule has 0 fully saturated rings. The van der Waals surface area contributed by atoms with Gasteiger partial charge in [0.25, 0.3) is 0 Å². The van der Waals surface area contributed by atoms with Crippen LogP contribution in [-0.4, -0.2) is 18.8 Å². The molecule has 0 aliphatic carbocycles. The van der Waals surface area contributed by atoms with Crippen LogP contribution < -0.4 is 9.47 Å². The summed E-state index contributed by atoms with van der Waals surface area (Å²) in [5, 5.41) is 18.8. The second kappa shape index (κ2) is 6.70. The molecule has 1 rings (SSSR count). The standard InChI is InChI=1S/C14H12ClNO3/c1-4-5-19-14-11(15)6-10(7-12(14)18-3)13(17)9(2)8-16/h1,6-7,13,17H,2,5H2,3H3. The van der Waals surface area contributed by atoms with E-state index in [9.17, 15) is 5.11 Å². The topological polar surface area (TPSA) is 62.5 Å². The molecule has 4 nitrogen and oxygen atoms in total. The van der Waals surface area contributed by atoms with Gasteiger partial charge in [0, 0.05) is 0 Å². The molecular formula is C14H12ClNO3. The number of ether oxygens (including phenoxy) is 2. The molecule has 1 N–H and O–H groups in total. The lowest BCUT2D eigenvalue weighted by molar-refractivity contribution is 0.220. The zero-order valence-electron chi connectivity index (χ0n) is 10.3. The number of terminal acetylenes is 1. The van der Waals surface area contributed by atoms with E-state index in [1.165, 1.54) is 19.2 Å². The number of aliphatic hydroxyl groups is 1. The first-order valence-electron chi connectivity index (χ1n) is 5.25. The van der Waals surface area contributed by atoms with Gasteiger partial charge >= 0.3 is 0 Å². The maximum absolute atomic E-state index is 9.89. The van der Waals surface area contributed by atoms with Gasteiger partial charge in [0.05, 0.1) is 23.8 Å². The molecule has 0 aromatic heterocycles. The maximum atomic E-state index is 9.89. The van der Waals surface area contributed by atoms with Crippen molar-refractivity contribution in [3.05, 3.63) is 34.9 Å². The van der Waals surface area contributed by atoms with E-state index in [1.54, 1.807) is 6.07 Å². The van der Waals surface area contributed by atoms with Gasteiger partial charge in [0.2, 0.25) is 0 Å². The van der Waals surface area contributed by atoms with Crippen LogP contribution in [0.4, 0.5) is 0 Å². The van der Waals surface area contributed by atoms with E-state index < -0.39 is 6.10 Å². The molecule has 19 heavy (non-hydrogen) atoms. The summed E-state index contributed by atoms with van der Waals surface area (Å²) in [7, 11) is 1.43. The molecule has 1 atom stereocenters. The molecule has 0 saturated heterocycles. The van der Waals surface area contributed by atoms with Crippen LogP contribution in [0.1, 0.15) is 11.7 Å². The summed E-state index contributed by atoms with van der Waals surface area (Å²) in [5.74, 6) is 2.93. The molecule has 0 aliphatic rings. The predicted molar refractivity (Wildman–Crippen MR) is 72.0 cm³/mol. The van der Waals surface area contributed by atoms with Gasteiger partial charge < -0.3 is 14.6 Å². The van der Waals surface area contributed by atoms with Gasteiger partial charge in [0.15, 0.2) is 11.5 Å². The van der Waals surface area contributed by atoms with Gasteiger partial charge in [-0.05, 0) is 17.7 Å². The van der Waals surface area contributed by atoms with Crippen LogP contribution in [0.25, 0.3) is 0 Å². The highest BCUT2D eigenvalue weighted by molar-refractivity contribution is 6.32. The number of hydrogen-bond donors (Lipinski definition) is 1. The Morgan fingerprint density at radius 1 is 1.63 bits per heavy atom. The number of nitrogens with zero attached hydrogens (tertiary/aromatic N) is 1. The zero-order valence-corrected chi connectivity index (χ0v) is 11.1. The Kier molecular flexibility index (Phi) is 5.26. The van der Waals surface area contributed by atoms with E-state index in [0.717, 1.165) is 0 Å². The Morgan fingerprint density at radius 2 is 2.32 bits per heavy atom. The van der Waals surface area contributed by atoms with Crippen molar-refractivity contribution in [2.45, 2.75) is 6.10 Å². The summed E-state index contributed by atoms with van der Waals surface area (Å²) in [4.78, 5) is 0. The number of nitriles is 1. The van der Waals surface area contributed by atoms with Gasteiger partial charge in [-0.2, -0.15) is 5.26 Å². The molecule has 0 heterocycles. The molecule has 98 valence electrons. The van der Waals surface area contributed by atoms with Crippen LogP contribution in [0.3, 0.4) is 0 Å². The van der Waals surface area contributed by atoms with E-state index in [0.29, 0.717) is 17.1 Å². The minimum atomic E-state index is -1.14.